The molecule has 0 bridgehead atoms. The lowest BCUT2D eigenvalue weighted by Gasteiger charge is -2.15. The molecule has 0 aliphatic heterocycles. The van der Waals surface area contributed by atoms with Crippen molar-refractivity contribution in [1.82, 2.24) is 5.32 Å². The fourth-order valence-electron chi connectivity index (χ4n) is 1.94. The van der Waals surface area contributed by atoms with E-state index in [-0.39, 0.29) is 11.9 Å². The van der Waals surface area contributed by atoms with Gasteiger partial charge in [0.05, 0.1) is 6.54 Å². The lowest BCUT2D eigenvalue weighted by molar-refractivity contribution is 0.437. The molecule has 1 aromatic carbocycles. The van der Waals surface area contributed by atoms with Gasteiger partial charge < -0.3 is 9.73 Å². The summed E-state index contributed by atoms with van der Waals surface area (Å²) in [5.41, 5.74) is 0.640. The van der Waals surface area contributed by atoms with Gasteiger partial charge in [-0.05, 0) is 50.6 Å². The molecule has 102 valence electrons. The smallest absolute Gasteiger partial charge is 0.128 e. The Morgan fingerprint density at radius 2 is 1.89 bits per heavy atom. The standard InChI is InChI=1S/C15H17F2NO/c1-9-6-15(17)13(7-14(9)16)11(3)18-8-12-5-4-10(2)19-12/h4-7,11,18H,8H2,1-3H3. The topological polar surface area (TPSA) is 25.2 Å². The van der Waals surface area contributed by atoms with Gasteiger partial charge in [0.1, 0.15) is 23.2 Å². The van der Waals surface area contributed by atoms with Crippen molar-refractivity contribution in [3.8, 4) is 0 Å². The van der Waals surface area contributed by atoms with Crippen molar-refractivity contribution in [1.29, 1.82) is 0 Å². The summed E-state index contributed by atoms with van der Waals surface area (Å²) in [5, 5.41) is 3.12. The summed E-state index contributed by atoms with van der Waals surface area (Å²) in [6.07, 6.45) is 0. The summed E-state index contributed by atoms with van der Waals surface area (Å²) in [6.45, 7) is 5.68. The first-order chi connectivity index (χ1) is 8.97. The van der Waals surface area contributed by atoms with Crippen molar-refractivity contribution in [2.45, 2.75) is 33.4 Å². The summed E-state index contributed by atoms with van der Waals surface area (Å²) < 4.78 is 32.7. The zero-order valence-corrected chi connectivity index (χ0v) is 11.3. The molecule has 2 nitrogen and oxygen atoms in total. The van der Waals surface area contributed by atoms with Gasteiger partial charge in [0.25, 0.3) is 0 Å². The van der Waals surface area contributed by atoms with E-state index in [9.17, 15) is 8.78 Å². The molecule has 0 radical (unpaired) electrons. The van der Waals surface area contributed by atoms with Crippen molar-refractivity contribution in [3.63, 3.8) is 0 Å². The van der Waals surface area contributed by atoms with Crippen LogP contribution in [-0.4, -0.2) is 0 Å². The molecule has 0 aliphatic carbocycles. The second-order valence-corrected chi connectivity index (χ2v) is 4.74. The molecule has 1 atom stereocenters. The number of furan rings is 1. The fraction of sp³-hybridized carbons (Fsp3) is 0.333. The largest absolute Gasteiger partial charge is 0.465 e. The number of benzene rings is 1. The lowest BCUT2D eigenvalue weighted by atomic mass is 10.0. The van der Waals surface area contributed by atoms with E-state index in [1.54, 1.807) is 13.8 Å². The molecular weight excluding hydrogens is 248 g/mol. The van der Waals surface area contributed by atoms with Crippen LogP contribution in [0.15, 0.2) is 28.7 Å². The molecule has 0 fully saturated rings. The molecule has 2 rings (SSSR count). The average Bonchev–Trinajstić information content (AvgIpc) is 2.77. The molecule has 0 aliphatic rings. The van der Waals surface area contributed by atoms with Gasteiger partial charge in [-0.15, -0.1) is 0 Å². The van der Waals surface area contributed by atoms with Gasteiger partial charge in [0, 0.05) is 11.6 Å². The molecule has 0 saturated carbocycles. The van der Waals surface area contributed by atoms with Gasteiger partial charge in [0.15, 0.2) is 0 Å². The molecule has 4 heteroatoms. The van der Waals surface area contributed by atoms with Gasteiger partial charge in [0.2, 0.25) is 0 Å². The van der Waals surface area contributed by atoms with Crippen molar-refractivity contribution in [2.24, 2.45) is 0 Å². The minimum atomic E-state index is -0.394. The molecule has 2 aromatic rings. The first kappa shape index (κ1) is 13.7. The Kier molecular flexibility index (Phi) is 4.00. The number of aryl methyl sites for hydroxylation is 2. The molecule has 0 saturated heterocycles. The van der Waals surface area contributed by atoms with Gasteiger partial charge in [-0.3, -0.25) is 0 Å². The average molecular weight is 265 g/mol. The van der Waals surface area contributed by atoms with Crippen LogP contribution in [0, 0.1) is 25.5 Å². The Morgan fingerprint density at radius 3 is 2.53 bits per heavy atom. The fourth-order valence-corrected chi connectivity index (χ4v) is 1.94. The van der Waals surface area contributed by atoms with Gasteiger partial charge >= 0.3 is 0 Å². The molecule has 19 heavy (non-hydrogen) atoms. The maximum atomic E-state index is 13.8. The Hall–Kier alpha value is -1.68. The first-order valence-electron chi connectivity index (χ1n) is 6.21. The monoisotopic (exact) mass is 265 g/mol. The molecule has 0 amide bonds. The Morgan fingerprint density at radius 1 is 1.16 bits per heavy atom. The quantitative estimate of drug-likeness (QED) is 0.903. The van der Waals surface area contributed by atoms with Crippen molar-refractivity contribution < 1.29 is 13.2 Å². The highest BCUT2D eigenvalue weighted by molar-refractivity contribution is 5.27. The van der Waals surface area contributed by atoms with E-state index < -0.39 is 5.82 Å². The zero-order valence-electron chi connectivity index (χ0n) is 11.3. The van der Waals surface area contributed by atoms with Crippen LogP contribution in [0.2, 0.25) is 0 Å². The minimum Gasteiger partial charge on any atom is -0.465 e. The highest BCUT2D eigenvalue weighted by Crippen LogP contribution is 2.21. The Labute approximate surface area is 111 Å². The number of hydrogen-bond acceptors (Lipinski definition) is 2. The predicted octanol–water partition coefficient (Wildman–Crippen LogP) is 4.03. The van der Waals surface area contributed by atoms with E-state index in [4.69, 9.17) is 4.42 Å². The van der Waals surface area contributed by atoms with E-state index in [2.05, 4.69) is 5.32 Å². The summed E-state index contributed by atoms with van der Waals surface area (Å²) in [5.74, 6) is 0.822. The van der Waals surface area contributed by atoms with Crippen LogP contribution in [0.1, 0.15) is 35.6 Å². The summed E-state index contributed by atoms with van der Waals surface area (Å²) in [7, 11) is 0. The molecule has 1 heterocycles. The number of rotatable bonds is 4. The second kappa shape index (κ2) is 5.53. The van der Waals surface area contributed by atoms with E-state index in [0.29, 0.717) is 17.7 Å². The lowest BCUT2D eigenvalue weighted by Crippen LogP contribution is -2.19. The van der Waals surface area contributed by atoms with Crippen LogP contribution in [0.25, 0.3) is 0 Å². The highest BCUT2D eigenvalue weighted by atomic mass is 19.1. The second-order valence-electron chi connectivity index (χ2n) is 4.74. The van der Waals surface area contributed by atoms with Crippen molar-refractivity contribution in [2.75, 3.05) is 0 Å². The van der Waals surface area contributed by atoms with Gasteiger partial charge in [-0.25, -0.2) is 8.78 Å². The maximum Gasteiger partial charge on any atom is 0.128 e. The number of nitrogens with one attached hydrogen (secondary N) is 1. The zero-order chi connectivity index (χ0) is 14.0. The Balaban J connectivity index is 2.07. The SMILES string of the molecule is Cc1ccc(CNC(C)c2cc(F)c(C)cc2F)o1. The molecule has 0 spiro atoms. The van der Waals surface area contributed by atoms with E-state index >= 15 is 0 Å². The van der Waals surface area contributed by atoms with E-state index in [1.165, 1.54) is 12.1 Å². The van der Waals surface area contributed by atoms with Crippen LogP contribution < -0.4 is 5.32 Å². The predicted molar refractivity (Wildman–Crippen MR) is 69.8 cm³/mol. The normalized spacial score (nSPS) is 12.7. The van der Waals surface area contributed by atoms with E-state index in [1.807, 2.05) is 19.1 Å². The van der Waals surface area contributed by atoms with Gasteiger partial charge in [-0.1, -0.05) is 0 Å². The molecule has 1 aromatic heterocycles. The van der Waals surface area contributed by atoms with Crippen LogP contribution in [0.4, 0.5) is 8.78 Å². The molecule has 1 N–H and O–H groups in total. The summed E-state index contributed by atoms with van der Waals surface area (Å²) in [6, 6.07) is 5.91. The van der Waals surface area contributed by atoms with E-state index in [0.717, 1.165) is 11.5 Å². The highest BCUT2D eigenvalue weighted by Gasteiger charge is 2.14. The Bertz CT molecular complexity index is 578. The van der Waals surface area contributed by atoms with Crippen LogP contribution >= 0.6 is 0 Å². The summed E-state index contributed by atoms with van der Waals surface area (Å²) >= 11 is 0. The third kappa shape index (κ3) is 3.20. The van der Waals surface area contributed by atoms with Crippen molar-refractivity contribution in [3.05, 3.63) is 58.5 Å². The van der Waals surface area contributed by atoms with Gasteiger partial charge in [-0.2, -0.15) is 0 Å². The first-order valence-corrected chi connectivity index (χ1v) is 6.21. The van der Waals surface area contributed by atoms with Crippen LogP contribution in [0.3, 0.4) is 0 Å². The van der Waals surface area contributed by atoms with Crippen LogP contribution in [-0.2, 0) is 6.54 Å². The maximum absolute atomic E-state index is 13.8. The minimum absolute atomic E-state index is 0.291. The number of halogens is 2. The molecule has 1 unspecified atom stereocenters. The third-order valence-electron chi connectivity index (χ3n) is 3.12. The molecular formula is C15H17F2NO. The number of hydrogen-bond donors (Lipinski definition) is 1. The summed E-state index contributed by atoms with van der Waals surface area (Å²) in [4.78, 5) is 0. The van der Waals surface area contributed by atoms with Crippen LogP contribution in [0.5, 0.6) is 0 Å². The third-order valence-corrected chi connectivity index (χ3v) is 3.12. The van der Waals surface area contributed by atoms with Crippen molar-refractivity contribution >= 4 is 0 Å².